The Morgan fingerprint density at radius 3 is 2.33 bits per heavy atom. The zero-order valence-corrected chi connectivity index (χ0v) is 15.5. The van der Waals surface area contributed by atoms with Crippen molar-refractivity contribution in [2.45, 2.75) is 0 Å². The van der Waals surface area contributed by atoms with Crippen molar-refractivity contribution >= 4 is 55.5 Å². The van der Waals surface area contributed by atoms with E-state index in [-0.39, 0.29) is 0 Å². The Morgan fingerprint density at radius 1 is 0.792 bits per heavy atom. The first-order chi connectivity index (χ1) is 11.8. The van der Waals surface area contributed by atoms with Crippen molar-refractivity contribution in [1.82, 2.24) is 4.98 Å². The number of hydrogen-bond acceptors (Lipinski definition) is 4. The molecule has 0 aliphatic rings. The molecule has 3 aromatic carbocycles. The van der Waals surface area contributed by atoms with E-state index in [1.165, 1.54) is 4.70 Å². The lowest BCUT2D eigenvalue weighted by atomic mass is 10.2. The van der Waals surface area contributed by atoms with Gasteiger partial charge in [-0.15, -0.1) is 16.5 Å². The van der Waals surface area contributed by atoms with Gasteiger partial charge in [0, 0.05) is 9.13 Å². The standard InChI is InChI=1S/C19H12IN3S/c20-15-5-1-2-6-16(15)23-22-14-11-9-13(10-12-14)19-21-17-7-3-4-8-18(17)24-19/h1-12H. The van der Waals surface area contributed by atoms with E-state index in [2.05, 4.69) is 43.9 Å². The summed E-state index contributed by atoms with van der Waals surface area (Å²) >= 11 is 3.96. The van der Waals surface area contributed by atoms with Gasteiger partial charge in [-0.1, -0.05) is 24.3 Å². The van der Waals surface area contributed by atoms with Crippen LogP contribution in [-0.2, 0) is 0 Å². The minimum atomic E-state index is 0.833. The van der Waals surface area contributed by atoms with Gasteiger partial charge in [-0.25, -0.2) is 4.98 Å². The smallest absolute Gasteiger partial charge is 0.124 e. The van der Waals surface area contributed by atoms with Crippen LogP contribution in [0.1, 0.15) is 0 Å². The van der Waals surface area contributed by atoms with Gasteiger partial charge in [-0.3, -0.25) is 0 Å². The number of azo groups is 1. The van der Waals surface area contributed by atoms with Crippen LogP contribution in [0.2, 0.25) is 0 Å². The van der Waals surface area contributed by atoms with Crippen LogP contribution in [0.25, 0.3) is 20.8 Å². The molecule has 0 saturated carbocycles. The molecule has 0 bridgehead atoms. The van der Waals surface area contributed by atoms with Crippen LogP contribution in [-0.4, -0.2) is 4.98 Å². The van der Waals surface area contributed by atoms with Crippen molar-refractivity contribution in [3.05, 3.63) is 76.4 Å². The summed E-state index contributed by atoms with van der Waals surface area (Å²) in [5.41, 5.74) is 3.86. The highest BCUT2D eigenvalue weighted by Gasteiger charge is 2.05. The number of fused-ring (bicyclic) bond motifs is 1. The molecule has 116 valence electrons. The number of hydrogen-bond donors (Lipinski definition) is 0. The minimum absolute atomic E-state index is 0.833. The molecule has 5 heteroatoms. The van der Waals surface area contributed by atoms with Crippen molar-refractivity contribution in [2.24, 2.45) is 10.2 Å². The zero-order chi connectivity index (χ0) is 16.4. The van der Waals surface area contributed by atoms with E-state index in [0.29, 0.717) is 0 Å². The molecule has 4 aromatic rings. The normalized spacial score (nSPS) is 11.4. The quantitative estimate of drug-likeness (QED) is 0.250. The maximum absolute atomic E-state index is 4.68. The Hall–Kier alpha value is -2.12. The molecule has 0 fully saturated rings. The summed E-state index contributed by atoms with van der Waals surface area (Å²) in [5, 5.41) is 9.66. The molecule has 0 N–H and O–H groups in total. The van der Waals surface area contributed by atoms with E-state index in [1.54, 1.807) is 11.3 Å². The number of thiazole rings is 1. The predicted molar refractivity (Wildman–Crippen MR) is 108 cm³/mol. The number of benzene rings is 3. The number of aromatic nitrogens is 1. The molecular weight excluding hydrogens is 429 g/mol. The fourth-order valence-corrected chi connectivity index (χ4v) is 3.78. The first-order valence-corrected chi connectivity index (χ1v) is 9.31. The van der Waals surface area contributed by atoms with Crippen LogP contribution in [0.4, 0.5) is 11.4 Å². The second-order valence-electron chi connectivity index (χ2n) is 5.19. The maximum Gasteiger partial charge on any atom is 0.124 e. The Labute approximate surface area is 157 Å². The van der Waals surface area contributed by atoms with Gasteiger partial charge in [0.15, 0.2) is 0 Å². The van der Waals surface area contributed by atoms with Gasteiger partial charge in [0.2, 0.25) is 0 Å². The van der Waals surface area contributed by atoms with Gasteiger partial charge in [0.1, 0.15) is 5.01 Å². The topological polar surface area (TPSA) is 37.6 Å². The predicted octanol–water partition coefficient (Wildman–Crippen LogP) is 6.98. The summed E-state index contributed by atoms with van der Waals surface area (Å²) in [6, 6.07) is 24.2. The molecule has 0 aliphatic carbocycles. The van der Waals surface area contributed by atoms with Crippen molar-refractivity contribution < 1.29 is 0 Å². The van der Waals surface area contributed by atoms with Gasteiger partial charge < -0.3 is 0 Å². The van der Waals surface area contributed by atoms with E-state index in [0.717, 1.165) is 31.0 Å². The molecule has 24 heavy (non-hydrogen) atoms. The van der Waals surface area contributed by atoms with Crippen LogP contribution in [0, 0.1) is 3.57 Å². The summed E-state index contributed by atoms with van der Waals surface area (Å²) in [7, 11) is 0. The summed E-state index contributed by atoms with van der Waals surface area (Å²) in [6.07, 6.45) is 0. The number of rotatable bonds is 3. The molecule has 1 aromatic heterocycles. The van der Waals surface area contributed by atoms with Crippen LogP contribution in [0.3, 0.4) is 0 Å². The maximum atomic E-state index is 4.68. The lowest BCUT2D eigenvalue weighted by molar-refractivity contribution is 1.22. The third-order valence-corrected chi connectivity index (χ3v) is 5.53. The molecule has 4 rings (SSSR count). The average molecular weight is 441 g/mol. The summed E-state index contributed by atoms with van der Waals surface area (Å²) in [6.45, 7) is 0. The fourth-order valence-electron chi connectivity index (χ4n) is 2.31. The highest BCUT2D eigenvalue weighted by atomic mass is 127. The molecule has 3 nitrogen and oxygen atoms in total. The first-order valence-electron chi connectivity index (χ1n) is 7.42. The van der Waals surface area contributed by atoms with Gasteiger partial charge in [-0.05, 0) is 71.1 Å². The lowest BCUT2D eigenvalue weighted by Crippen LogP contribution is -1.75. The molecule has 0 aliphatic heterocycles. The highest BCUT2D eigenvalue weighted by Crippen LogP contribution is 2.31. The number of nitrogens with zero attached hydrogens (tertiary/aromatic N) is 3. The SMILES string of the molecule is Ic1ccccc1N=Nc1ccc(-c2nc3ccccc3s2)cc1. The molecule has 0 saturated heterocycles. The fraction of sp³-hybridized carbons (Fsp3) is 0. The van der Waals surface area contributed by atoms with E-state index in [1.807, 2.05) is 66.7 Å². The summed E-state index contributed by atoms with van der Waals surface area (Å²) in [4.78, 5) is 4.68. The monoisotopic (exact) mass is 441 g/mol. The average Bonchev–Trinajstić information content (AvgIpc) is 3.06. The number of halogens is 1. The van der Waals surface area contributed by atoms with Crippen molar-refractivity contribution in [3.8, 4) is 10.6 Å². The molecule has 0 spiro atoms. The van der Waals surface area contributed by atoms with Crippen molar-refractivity contribution in [1.29, 1.82) is 0 Å². The Morgan fingerprint density at radius 2 is 1.54 bits per heavy atom. The van der Waals surface area contributed by atoms with Gasteiger partial charge in [-0.2, -0.15) is 5.11 Å². The van der Waals surface area contributed by atoms with Gasteiger partial charge >= 0.3 is 0 Å². The van der Waals surface area contributed by atoms with E-state index >= 15 is 0 Å². The van der Waals surface area contributed by atoms with Crippen molar-refractivity contribution in [2.75, 3.05) is 0 Å². The largest absolute Gasteiger partial charge is 0.236 e. The van der Waals surface area contributed by atoms with E-state index in [4.69, 9.17) is 0 Å². The second kappa shape index (κ2) is 6.78. The third kappa shape index (κ3) is 3.22. The molecular formula is C19H12IN3S. The van der Waals surface area contributed by atoms with Crippen molar-refractivity contribution in [3.63, 3.8) is 0 Å². The first kappa shape index (κ1) is 15.4. The van der Waals surface area contributed by atoms with Gasteiger partial charge in [0.25, 0.3) is 0 Å². The van der Waals surface area contributed by atoms with E-state index < -0.39 is 0 Å². The molecule has 0 amide bonds. The molecule has 1 heterocycles. The molecule has 0 unspecified atom stereocenters. The highest BCUT2D eigenvalue weighted by molar-refractivity contribution is 14.1. The summed E-state index contributed by atoms with van der Waals surface area (Å²) in [5.74, 6) is 0. The van der Waals surface area contributed by atoms with Crippen LogP contribution in [0.15, 0.2) is 83.0 Å². The zero-order valence-electron chi connectivity index (χ0n) is 12.6. The molecule has 0 radical (unpaired) electrons. The minimum Gasteiger partial charge on any atom is -0.236 e. The van der Waals surface area contributed by atoms with Crippen LogP contribution >= 0.6 is 33.9 Å². The van der Waals surface area contributed by atoms with E-state index in [9.17, 15) is 0 Å². The summed E-state index contributed by atoms with van der Waals surface area (Å²) < 4.78 is 2.29. The lowest BCUT2D eigenvalue weighted by Gasteiger charge is -1.98. The second-order valence-corrected chi connectivity index (χ2v) is 7.38. The Kier molecular flexibility index (Phi) is 4.36. The number of para-hydroxylation sites is 1. The van der Waals surface area contributed by atoms with Gasteiger partial charge in [0.05, 0.1) is 21.6 Å². The Balaban J connectivity index is 1.59. The van der Waals surface area contributed by atoms with Crippen LogP contribution < -0.4 is 0 Å². The Bertz CT molecular complexity index is 989. The van der Waals surface area contributed by atoms with Crippen LogP contribution in [0.5, 0.6) is 0 Å². The third-order valence-electron chi connectivity index (χ3n) is 3.53. The molecule has 0 atom stereocenters.